The van der Waals surface area contributed by atoms with Gasteiger partial charge in [-0.25, -0.2) is 0 Å². The lowest BCUT2D eigenvalue weighted by molar-refractivity contribution is 0.199. The molecule has 0 unspecified atom stereocenters. The van der Waals surface area contributed by atoms with Crippen molar-refractivity contribution in [2.45, 2.75) is 6.54 Å². The molecule has 0 aliphatic rings. The Labute approximate surface area is 143 Å². The van der Waals surface area contributed by atoms with Gasteiger partial charge in [0.05, 0.1) is 6.61 Å². The molecule has 0 bridgehead atoms. The molecule has 0 spiro atoms. The second-order valence-corrected chi connectivity index (χ2v) is 6.09. The molecule has 0 aromatic heterocycles. The van der Waals surface area contributed by atoms with E-state index < -0.39 is 0 Å². The second kappa shape index (κ2) is 8.58. The van der Waals surface area contributed by atoms with Crippen molar-refractivity contribution in [1.29, 1.82) is 0 Å². The molecule has 0 aliphatic carbocycles. The molecule has 2 aromatic rings. The molecule has 0 saturated carbocycles. The summed E-state index contributed by atoms with van der Waals surface area (Å²) in [6.45, 7) is 2.07. The Bertz CT molecular complexity index is 575. The number of ether oxygens (including phenoxy) is 2. The van der Waals surface area contributed by atoms with Gasteiger partial charge in [-0.05, 0) is 59.0 Å². The average molecular weight is 418 g/mol. The first-order valence-corrected chi connectivity index (χ1v) is 8.07. The van der Waals surface area contributed by atoms with Crippen molar-refractivity contribution in [2.75, 3.05) is 20.3 Å². The summed E-state index contributed by atoms with van der Waals surface area (Å²) >= 11 is 8.55. The van der Waals surface area contributed by atoms with Gasteiger partial charge in [-0.2, -0.15) is 0 Å². The summed E-state index contributed by atoms with van der Waals surface area (Å²) in [6.07, 6.45) is 0. The van der Waals surface area contributed by atoms with Crippen LogP contribution >= 0.6 is 34.2 Å². The molecule has 0 fully saturated rings. The maximum absolute atomic E-state index is 6.28. The summed E-state index contributed by atoms with van der Waals surface area (Å²) in [6, 6.07) is 13.6. The van der Waals surface area contributed by atoms with Crippen LogP contribution in [0.1, 0.15) is 5.56 Å². The Morgan fingerprint density at radius 3 is 2.62 bits per heavy atom. The van der Waals surface area contributed by atoms with Crippen molar-refractivity contribution in [3.8, 4) is 11.5 Å². The molecule has 2 rings (SSSR count). The monoisotopic (exact) mass is 417 g/mol. The molecule has 21 heavy (non-hydrogen) atoms. The molecule has 0 atom stereocenters. The number of benzene rings is 2. The standard InChI is InChI=1S/C16H17ClINO2/c1-20-10-9-19-11-14-15(17)3-2-4-16(14)21-13-7-5-12(18)6-8-13/h2-8,19H,9-11H2,1H3. The highest BCUT2D eigenvalue weighted by atomic mass is 127. The summed E-state index contributed by atoms with van der Waals surface area (Å²) in [5.41, 5.74) is 0.953. The highest BCUT2D eigenvalue weighted by Crippen LogP contribution is 2.30. The third kappa shape index (κ3) is 5.14. The van der Waals surface area contributed by atoms with Crippen molar-refractivity contribution in [3.63, 3.8) is 0 Å². The third-order valence-electron chi connectivity index (χ3n) is 2.90. The van der Waals surface area contributed by atoms with E-state index in [1.807, 2.05) is 42.5 Å². The minimum Gasteiger partial charge on any atom is -0.457 e. The number of nitrogens with one attached hydrogen (secondary N) is 1. The SMILES string of the molecule is COCCNCc1c(Cl)cccc1Oc1ccc(I)cc1. The molecule has 2 aromatic carbocycles. The summed E-state index contributed by atoms with van der Waals surface area (Å²) in [7, 11) is 1.68. The van der Waals surface area contributed by atoms with Crippen LogP contribution in [-0.4, -0.2) is 20.3 Å². The maximum Gasteiger partial charge on any atom is 0.133 e. The van der Waals surface area contributed by atoms with E-state index in [9.17, 15) is 0 Å². The van der Waals surface area contributed by atoms with Crippen molar-refractivity contribution in [1.82, 2.24) is 5.32 Å². The van der Waals surface area contributed by atoms with Crippen molar-refractivity contribution >= 4 is 34.2 Å². The lowest BCUT2D eigenvalue weighted by atomic mass is 10.2. The predicted molar refractivity (Wildman–Crippen MR) is 94.3 cm³/mol. The molecular weight excluding hydrogens is 401 g/mol. The lowest BCUT2D eigenvalue weighted by Gasteiger charge is -2.13. The van der Waals surface area contributed by atoms with Crippen LogP contribution in [-0.2, 0) is 11.3 Å². The van der Waals surface area contributed by atoms with E-state index >= 15 is 0 Å². The van der Waals surface area contributed by atoms with Crippen molar-refractivity contribution < 1.29 is 9.47 Å². The van der Waals surface area contributed by atoms with Crippen LogP contribution in [0, 0.1) is 3.57 Å². The van der Waals surface area contributed by atoms with Gasteiger partial charge in [0.2, 0.25) is 0 Å². The van der Waals surface area contributed by atoms with Crippen molar-refractivity contribution in [3.05, 3.63) is 56.6 Å². The molecular formula is C16H17ClINO2. The van der Waals surface area contributed by atoms with Gasteiger partial charge in [0.15, 0.2) is 0 Å². The molecule has 0 saturated heterocycles. The fraction of sp³-hybridized carbons (Fsp3) is 0.250. The Morgan fingerprint density at radius 1 is 1.14 bits per heavy atom. The van der Waals surface area contributed by atoms with Gasteiger partial charge < -0.3 is 14.8 Å². The molecule has 0 aliphatic heterocycles. The smallest absolute Gasteiger partial charge is 0.133 e. The highest BCUT2D eigenvalue weighted by Gasteiger charge is 2.09. The highest BCUT2D eigenvalue weighted by molar-refractivity contribution is 14.1. The zero-order valence-electron chi connectivity index (χ0n) is 11.7. The van der Waals surface area contributed by atoms with Crippen molar-refractivity contribution in [2.24, 2.45) is 0 Å². The zero-order valence-corrected chi connectivity index (χ0v) is 14.6. The summed E-state index contributed by atoms with van der Waals surface area (Å²) in [5, 5.41) is 3.99. The van der Waals surface area contributed by atoms with E-state index in [1.54, 1.807) is 7.11 Å². The van der Waals surface area contributed by atoms with E-state index in [-0.39, 0.29) is 0 Å². The van der Waals surface area contributed by atoms with Crippen LogP contribution in [0.15, 0.2) is 42.5 Å². The van der Waals surface area contributed by atoms with Gasteiger partial charge in [-0.15, -0.1) is 0 Å². The minimum atomic E-state index is 0.642. The van der Waals surface area contributed by atoms with E-state index in [2.05, 4.69) is 27.9 Å². The van der Waals surface area contributed by atoms with Gasteiger partial charge in [-0.3, -0.25) is 0 Å². The van der Waals surface area contributed by atoms with Crippen LogP contribution in [0.25, 0.3) is 0 Å². The van der Waals surface area contributed by atoms with Gasteiger partial charge in [0.25, 0.3) is 0 Å². The molecule has 5 heteroatoms. The molecule has 3 nitrogen and oxygen atoms in total. The predicted octanol–water partition coefficient (Wildman–Crippen LogP) is 4.47. The average Bonchev–Trinajstić information content (AvgIpc) is 2.48. The van der Waals surface area contributed by atoms with Crippen LogP contribution in [0.2, 0.25) is 5.02 Å². The van der Waals surface area contributed by atoms with E-state index in [0.717, 1.165) is 23.6 Å². The number of hydrogen-bond donors (Lipinski definition) is 1. The number of methoxy groups -OCH3 is 1. The maximum atomic E-state index is 6.28. The lowest BCUT2D eigenvalue weighted by Crippen LogP contribution is -2.19. The fourth-order valence-electron chi connectivity index (χ4n) is 1.82. The van der Waals surface area contributed by atoms with Crippen LogP contribution in [0.5, 0.6) is 11.5 Å². The number of hydrogen-bond acceptors (Lipinski definition) is 3. The van der Waals surface area contributed by atoms with E-state index in [1.165, 1.54) is 3.57 Å². The Morgan fingerprint density at radius 2 is 1.90 bits per heavy atom. The van der Waals surface area contributed by atoms with Crippen LogP contribution in [0.3, 0.4) is 0 Å². The first kappa shape index (κ1) is 16.5. The van der Waals surface area contributed by atoms with Gasteiger partial charge in [0, 0.05) is 34.4 Å². The quantitative estimate of drug-likeness (QED) is 0.532. The van der Waals surface area contributed by atoms with Crippen LogP contribution < -0.4 is 10.1 Å². The van der Waals surface area contributed by atoms with Crippen LogP contribution in [0.4, 0.5) is 0 Å². The number of halogens is 2. The molecule has 0 heterocycles. The Kier molecular flexibility index (Phi) is 6.76. The molecule has 0 amide bonds. The molecule has 0 radical (unpaired) electrons. The normalized spacial score (nSPS) is 10.6. The first-order valence-electron chi connectivity index (χ1n) is 6.61. The Hall–Kier alpha value is -0.820. The second-order valence-electron chi connectivity index (χ2n) is 4.44. The minimum absolute atomic E-state index is 0.642. The molecule has 1 N–H and O–H groups in total. The largest absolute Gasteiger partial charge is 0.457 e. The topological polar surface area (TPSA) is 30.5 Å². The summed E-state index contributed by atoms with van der Waals surface area (Å²) in [5.74, 6) is 1.57. The van der Waals surface area contributed by atoms with Gasteiger partial charge >= 0.3 is 0 Å². The zero-order chi connectivity index (χ0) is 15.1. The third-order valence-corrected chi connectivity index (χ3v) is 3.98. The Balaban J connectivity index is 2.11. The van der Waals surface area contributed by atoms with Gasteiger partial charge in [0.1, 0.15) is 11.5 Å². The van der Waals surface area contributed by atoms with E-state index in [4.69, 9.17) is 21.1 Å². The first-order chi connectivity index (χ1) is 10.2. The summed E-state index contributed by atoms with van der Waals surface area (Å²) in [4.78, 5) is 0. The van der Waals surface area contributed by atoms with E-state index in [0.29, 0.717) is 18.2 Å². The molecule has 112 valence electrons. The number of rotatable bonds is 7. The van der Waals surface area contributed by atoms with Gasteiger partial charge in [-0.1, -0.05) is 17.7 Å². The fourth-order valence-corrected chi connectivity index (χ4v) is 2.42. The summed E-state index contributed by atoms with van der Waals surface area (Å²) < 4.78 is 12.1.